The molecule has 0 spiro atoms. The summed E-state index contributed by atoms with van der Waals surface area (Å²) >= 11 is 0. The zero-order valence-corrected chi connectivity index (χ0v) is 16.6. The van der Waals surface area contributed by atoms with Crippen LogP contribution in [0.1, 0.15) is 23.0 Å². The number of carbonyl (C=O) groups is 1. The van der Waals surface area contributed by atoms with Crippen molar-refractivity contribution >= 4 is 27.3 Å². The molecule has 1 N–H and O–H groups in total. The standard InChI is InChI=1S/C21H20N2O5S/c1-2-27-18-6-3-4-8-20(18)29(25,26)22-16-10-9-15-11-12-23(17(15)14-16)21(24)19-7-5-13-28-19/h3-10,13-14,22H,2,11-12H2,1H3. The van der Waals surface area contributed by atoms with Crippen molar-refractivity contribution in [1.82, 2.24) is 0 Å². The zero-order valence-electron chi connectivity index (χ0n) is 15.8. The largest absolute Gasteiger partial charge is 0.492 e. The number of nitrogens with one attached hydrogen (secondary N) is 1. The Hall–Kier alpha value is -3.26. The van der Waals surface area contributed by atoms with Gasteiger partial charge in [-0.1, -0.05) is 18.2 Å². The minimum absolute atomic E-state index is 0.0610. The molecular formula is C21H20N2O5S. The molecule has 0 unspecified atom stereocenters. The third-order valence-electron chi connectivity index (χ3n) is 4.65. The van der Waals surface area contributed by atoms with E-state index in [0.29, 0.717) is 36.7 Å². The first kappa shape index (κ1) is 19.1. The lowest BCUT2D eigenvalue weighted by atomic mass is 10.1. The molecule has 0 saturated heterocycles. The van der Waals surface area contributed by atoms with Gasteiger partial charge in [-0.15, -0.1) is 0 Å². The van der Waals surface area contributed by atoms with Crippen molar-refractivity contribution in [3.8, 4) is 5.75 Å². The Balaban J connectivity index is 1.63. The van der Waals surface area contributed by atoms with E-state index in [1.165, 1.54) is 12.3 Å². The molecule has 3 aromatic rings. The Bertz CT molecular complexity index is 1140. The quantitative estimate of drug-likeness (QED) is 0.667. The predicted molar refractivity (Wildman–Crippen MR) is 109 cm³/mol. The van der Waals surface area contributed by atoms with E-state index in [4.69, 9.17) is 9.15 Å². The Kier molecular flexibility index (Phi) is 5.02. The smallest absolute Gasteiger partial charge is 0.293 e. The highest BCUT2D eigenvalue weighted by Gasteiger charge is 2.28. The average molecular weight is 412 g/mol. The molecule has 7 nitrogen and oxygen atoms in total. The molecule has 29 heavy (non-hydrogen) atoms. The summed E-state index contributed by atoms with van der Waals surface area (Å²) in [7, 11) is -3.86. The number of furan rings is 1. The summed E-state index contributed by atoms with van der Waals surface area (Å²) in [6.07, 6.45) is 2.15. The highest BCUT2D eigenvalue weighted by molar-refractivity contribution is 7.92. The highest BCUT2D eigenvalue weighted by atomic mass is 32.2. The van der Waals surface area contributed by atoms with Crippen molar-refractivity contribution < 1.29 is 22.4 Å². The molecule has 2 aromatic carbocycles. The van der Waals surface area contributed by atoms with Crippen LogP contribution in [0.4, 0.5) is 11.4 Å². The van der Waals surface area contributed by atoms with Crippen LogP contribution in [0.3, 0.4) is 0 Å². The average Bonchev–Trinajstić information content (AvgIpc) is 3.38. The number of para-hydroxylation sites is 1. The molecule has 4 rings (SSSR count). The van der Waals surface area contributed by atoms with Gasteiger partial charge in [-0.25, -0.2) is 8.42 Å². The summed E-state index contributed by atoms with van der Waals surface area (Å²) in [5, 5.41) is 0. The van der Waals surface area contributed by atoms with Gasteiger partial charge in [-0.2, -0.15) is 0 Å². The fraction of sp³-hybridized carbons (Fsp3) is 0.190. The number of fused-ring (bicyclic) bond motifs is 1. The maximum atomic E-state index is 12.9. The Morgan fingerprint density at radius 3 is 2.76 bits per heavy atom. The fourth-order valence-electron chi connectivity index (χ4n) is 3.34. The van der Waals surface area contributed by atoms with Gasteiger partial charge in [0.15, 0.2) is 5.76 Å². The third-order valence-corrected chi connectivity index (χ3v) is 6.07. The molecule has 150 valence electrons. The van der Waals surface area contributed by atoms with Gasteiger partial charge in [0, 0.05) is 12.2 Å². The molecule has 0 aliphatic carbocycles. The molecule has 1 amide bonds. The van der Waals surface area contributed by atoms with Crippen LogP contribution in [0.5, 0.6) is 5.75 Å². The van der Waals surface area contributed by atoms with Gasteiger partial charge in [-0.3, -0.25) is 9.52 Å². The topological polar surface area (TPSA) is 88.9 Å². The number of ether oxygens (including phenoxy) is 1. The zero-order chi connectivity index (χ0) is 20.4. The normalized spacial score (nSPS) is 13.2. The summed E-state index contributed by atoms with van der Waals surface area (Å²) in [5.41, 5.74) is 2.02. The molecule has 1 aliphatic rings. The summed E-state index contributed by atoms with van der Waals surface area (Å²) < 4.78 is 39.1. The second kappa shape index (κ2) is 7.63. The number of sulfonamides is 1. The van der Waals surface area contributed by atoms with Gasteiger partial charge in [0.25, 0.3) is 15.9 Å². The van der Waals surface area contributed by atoms with Crippen molar-refractivity contribution in [2.45, 2.75) is 18.2 Å². The lowest BCUT2D eigenvalue weighted by Gasteiger charge is -2.17. The van der Waals surface area contributed by atoms with Crippen LogP contribution in [-0.2, 0) is 16.4 Å². The SMILES string of the molecule is CCOc1ccccc1S(=O)(=O)Nc1ccc2c(c1)N(C(=O)c1ccco1)CC2. The minimum Gasteiger partial charge on any atom is -0.492 e. The third kappa shape index (κ3) is 3.71. The molecule has 1 aromatic heterocycles. The maximum Gasteiger partial charge on any atom is 0.293 e. The van der Waals surface area contributed by atoms with Gasteiger partial charge in [0.2, 0.25) is 0 Å². The Labute approximate surface area is 169 Å². The van der Waals surface area contributed by atoms with E-state index in [0.717, 1.165) is 5.56 Å². The first-order valence-electron chi connectivity index (χ1n) is 9.22. The van der Waals surface area contributed by atoms with Crippen molar-refractivity contribution in [3.05, 3.63) is 72.2 Å². The summed E-state index contributed by atoms with van der Waals surface area (Å²) in [5.74, 6) is 0.281. The van der Waals surface area contributed by atoms with E-state index < -0.39 is 10.0 Å². The van der Waals surface area contributed by atoms with Crippen LogP contribution in [-0.4, -0.2) is 27.5 Å². The number of hydrogen-bond acceptors (Lipinski definition) is 5. The summed E-state index contributed by atoms with van der Waals surface area (Å²) in [6.45, 7) is 2.66. The number of hydrogen-bond donors (Lipinski definition) is 1. The summed E-state index contributed by atoms with van der Waals surface area (Å²) in [6, 6.07) is 14.9. The number of rotatable bonds is 6. The second-order valence-electron chi connectivity index (χ2n) is 6.51. The van der Waals surface area contributed by atoms with Crippen LogP contribution >= 0.6 is 0 Å². The van der Waals surface area contributed by atoms with Gasteiger partial charge < -0.3 is 14.1 Å². The van der Waals surface area contributed by atoms with Crippen molar-refractivity contribution in [3.63, 3.8) is 0 Å². The monoisotopic (exact) mass is 412 g/mol. The van der Waals surface area contributed by atoms with E-state index in [-0.39, 0.29) is 16.6 Å². The molecule has 0 saturated carbocycles. The summed E-state index contributed by atoms with van der Waals surface area (Å²) in [4.78, 5) is 14.3. The maximum absolute atomic E-state index is 12.9. The van der Waals surface area contributed by atoms with E-state index in [1.54, 1.807) is 54.3 Å². The lowest BCUT2D eigenvalue weighted by Crippen LogP contribution is -2.28. The number of carbonyl (C=O) groups excluding carboxylic acids is 1. The van der Waals surface area contributed by atoms with Crippen LogP contribution in [0.15, 0.2) is 70.2 Å². The van der Waals surface area contributed by atoms with Crippen molar-refractivity contribution in [2.75, 3.05) is 22.8 Å². The molecule has 2 heterocycles. The Morgan fingerprint density at radius 1 is 1.17 bits per heavy atom. The predicted octanol–water partition coefficient (Wildman–Crippen LogP) is 3.68. The molecule has 0 radical (unpaired) electrons. The van der Waals surface area contributed by atoms with Gasteiger partial charge in [-0.05, 0) is 55.3 Å². The Morgan fingerprint density at radius 2 is 2.00 bits per heavy atom. The molecule has 0 fully saturated rings. The minimum atomic E-state index is -3.86. The van der Waals surface area contributed by atoms with E-state index in [2.05, 4.69) is 4.72 Å². The first-order chi connectivity index (χ1) is 14.0. The van der Waals surface area contributed by atoms with Crippen LogP contribution in [0.25, 0.3) is 0 Å². The molecule has 0 atom stereocenters. The number of benzene rings is 2. The van der Waals surface area contributed by atoms with Gasteiger partial charge in [0.1, 0.15) is 10.6 Å². The van der Waals surface area contributed by atoms with Crippen LogP contribution < -0.4 is 14.4 Å². The van der Waals surface area contributed by atoms with Crippen LogP contribution in [0.2, 0.25) is 0 Å². The van der Waals surface area contributed by atoms with Crippen LogP contribution in [0, 0.1) is 0 Å². The molecular weight excluding hydrogens is 392 g/mol. The van der Waals surface area contributed by atoms with E-state index in [9.17, 15) is 13.2 Å². The second-order valence-corrected chi connectivity index (χ2v) is 8.16. The number of anilines is 2. The fourth-order valence-corrected chi connectivity index (χ4v) is 4.54. The van der Waals surface area contributed by atoms with Crippen molar-refractivity contribution in [1.29, 1.82) is 0 Å². The molecule has 0 bridgehead atoms. The lowest BCUT2D eigenvalue weighted by molar-refractivity contribution is 0.0963. The highest BCUT2D eigenvalue weighted by Crippen LogP contribution is 2.33. The molecule has 1 aliphatic heterocycles. The van der Waals surface area contributed by atoms with E-state index >= 15 is 0 Å². The van der Waals surface area contributed by atoms with E-state index in [1.807, 2.05) is 6.07 Å². The van der Waals surface area contributed by atoms with Crippen molar-refractivity contribution in [2.24, 2.45) is 0 Å². The number of nitrogens with zero attached hydrogens (tertiary/aromatic N) is 1. The first-order valence-corrected chi connectivity index (χ1v) is 10.7. The number of amides is 1. The molecule has 8 heteroatoms. The van der Waals surface area contributed by atoms with Gasteiger partial charge >= 0.3 is 0 Å². The van der Waals surface area contributed by atoms with Gasteiger partial charge in [0.05, 0.1) is 18.6 Å².